The van der Waals surface area contributed by atoms with Gasteiger partial charge in [0, 0.05) is 11.1 Å². The third-order valence-corrected chi connectivity index (χ3v) is 11.3. The van der Waals surface area contributed by atoms with Gasteiger partial charge in [0.15, 0.2) is 10.9 Å². The number of benzene rings is 5. The first-order chi connectivity index (χ1) is 21.9. The Morgan fingerprint density at radius 1 is 0.739 bits per heavy atom. The van der Waals surface area contributed by atoms with Crippen LogP contribution >= 0.6 is 7.60 Å². The van der Waals surface area contributed by atoms with Crippen molar-refractivity contribution < 1.29 is 27.2 Å². The molecule has 5 aromatic carbocycles. The summed E-state index contributed by atoms with van der Waals surface area (Å²) in [4.78, 5) is 22.5. The highest BCUT2D eigenvalue weighted by atomic mass is 32.2. The van der Waals surface area contributed by atoms with Crippen LogP contribution in [0, 0.1) is 6.92 Å². The normalized spacial score (nSPS) is 12.5. The molecule has 6 rings (SSSR count). The number of anilines is 1. The van der Waals surface area contributed by atoms with Crippen molar-refractivity contribution in [3.8, 4) is 11.1 Å². The largest absolute Gasteiger partial charge is 0.458 e. The topological polar surface area (TPSA) is 117 Å². The summed E-state index contributed by atoms with van der Waals surface area (Å²) in [6, 6.07) is 36.2. The van der Waals surface area contributed by atoms with Crippen molar-refractivity contribution in [2.24, 2.45) is 0 Å². The Morgan fingerprint density at radius 3 is 1.83 bits per heavy atom. The fourth-order valence-electron chi connectivity index (χ4n) is 5.99. The second-order valence-corrected chi connectivity index (χ2v) is 15.1. The van der Waals surface area contributed by atoms with Crippen LogP contribution in [0.4, 0.5) is 5.69 Å². The zero-order valence-corrected chi connectivity index (χ0v) is 27.3. The minimum absolute atomic E-state index is 0.175. The van der Waals surface area contributed by atoms with Gasteiger partial charge in [0.25, 0.3) is 10.0 Å². The molecule has 1 aromatic heterocycles. The maximum absolute atomic E-state index is 14.7. The lowest BCUT2D eigenvalue weighted by molar-refractivity contribution is 0.335. The van der Waals surface area contributed by atoms with Crippen molar-refractivity contribution >= 4 is 34.3 Å². The van der Waals surface area contributed by atoms with Crippen LogP contribution in [0.2, 0.25) is 0 Å². The molecule has 0 bridgehead atoms. The lowest BCUT2D eigenvalue weighted by atomic mass is 9.87. The number of hydrogen-bond acceptors (Lipinski definition) is 4. The van der Waals surface area contributed by atoms with Crippen molar-refractivity contribution in [3.63, 3.8) is 0 Å². The predicted octanol–water partition coefficient (Wildman–Crippen LogP) is 8.80. The summed E-state index contributed by atoms with van der Waals surface area (Å²) in [5.41, 5.74) is 4.18. The third kappa shape index (κ3) is 5.48. The van der Waals surface area contributed by atoms with Crippen LogP contribution in [0.15, 0.2) is 137 Å². The van der Waals surface area contributed by atoms with Gasteiger partial charge in [0.2, 0.25) is 0 Å². The fraction of sp³-hybridized carbons (Fsp3) is 0.135. The molecule has 0 saturated heterocycles. The summed E-state index contributed by atoms with van der Waals surface area (Å²) >= 11 is 0. The maximum atomic E-state index is 14.7. The highest BCUT2D eigenvalue weighted by Gasteiger charge is 2.57. The predicted molar refractivity (Wildman–Crippen MR) is 183 cm³/mol. The van der Waals surface area contributed by atoms with E-state index >= 15 is 0 Å². The van der Waals surface area contributed by atoms with Crippen molar-refractivity contribution in [2.75, 3.05) is 4.72 Å². The quantitative estimate of drug-likeness (QED) is 0.135. The molecule has 46 heavy (non-hydrogen) atoms. The number of aryl methyl sites for hydroxylation is 1. The first-order valence-electron chi connectivity index (χ1n) is 14.9. The van der Waals surface area contributed by atoms with Gasteiger partial charge in [0.05, 0.1) is 0 Å². The van der Waals surface area contributed by atoms with Crippen molar-refractivity contribution in [1.29, 1.82) is 0 Å². The molecule has 0 aliphatic carbocycles. The Balaban J connectivity index is 1.77. The van der Waals surface area contributed by atoms with E-state index in [1.165, 1.54) is 0 Å². The lowest BCUT2D eigenvalue weighted by Gasteiger charge is -2.34. The van der Waals surface area contributed by atoms with Crippen LogP contribution in [-0.2, 0) is 19.7 Å². The van der Waals surface area contributed by atoms with Crippen LogP contribution in [0.25, 0.3) is 22.1 Å². The molecule has 0 amide bonds. The summed E-state index contributed by atoms with van der Waals surface area (Å²) < 4.78 is 52.6. The Morgan fingerprint density at radius 2 is 1.30 bits per heavy atom. The van der Waals surface area contributed by atoms with Gasteiger partial charge in [-0.2, -0.15) is 0 Å². The van der Waals surface area contributed by atoms with Crippen molar-refractivity contribution in [3.05, 3.63) is 155 Å². The van der Waals surface area contributed by atoms with Gasteiger partial charge >= 0.3 is 7.60 Å². The highest BCUT2D eigenvalue weighted by Crippen LogP contribution is 2.66. The Hall–Kier alpha value is -4.46. The number of hydrogen-bond donors (Lipinski definition) is 3. The number of sulfonamides is 1. The molecule has 6 aromatic rings. The van der Waals surface area contributed by atoms with Crippen LogP contribution in [0.1, 0.15) is 47.8 Å². The Kier molecular flexibility index (Phi) is 8.25. The maximum Gasteiger partial charge on any atom is 0.348 e. The van der Waals surface area contributed by atoms with Crippen LogP contribution < -0.4 is 4.72 Å². The van der Waals surface area contributed by atoms with Crippen LogP contribution in [-0.4, -0.2) is 18.2 Å². The monoisotopic (exact) mass is 651 g/mol. The van der Waals surface area contributed by atoms with E-state index in [0.717, 1.165) is 16.7 Å². The third-order valence-electron chi connectivity index (χ3n) is 8.28. The molecule has 0 spiro atoms. The number of fused-ring (bicyclic) bond motifs is 1. The average molecular weight is 652 g/mol. The molecule has 0 atom stereocenters. The molecule has 0 aliphatic heterocycles. The fourth-order valence-corrected chi connectivity index (χ4v) is 8.92. The zero-order chi connectivity index (χ0) is 32.7. The van der Waals surface area contributed by atoms with Gasteiger partial charge in [-0.25, -0.2) is 8.42 Å². The second kappa shape index (κ2) is 12.0. The first-order valence-corrected chi connectivity index (χ1v) is 18.0. The smallest absolute Gasteiger partial charge is 0.348 e. The van der Waals surface area contributed by atoms with Gasteiger partial charge in [-0.05, 0) is 58.9 Å². The standard InChI is InChI=1S/C37H34NO6PS/c1-25(2)27-19-21-28(22-20-27)32-15-10-16-33-34(32)35(46(42,43)38-31-23-17-26(3)18-24-31)36(44-33)37(45(39,40)41,29-11-6-4-7-12-29)30-13-8-5-9-14-30/h4-25,38H,1-3H3,(H2,39,40,41). The number of rotatable bonds is 9. The number of furan rings is 1. The Bertz CT molecular complexity index is 2110. The molecular weight excluding hydrogens is 617 g/mol. The van der Waals surface area contributed by atoms with E-state index in [4.69, 9.17) is 4.42 Å². The van der Waals surface area contributed by atoms with E-state index in [2.05, 4.69) is 18.6 Å². The molecule has 0 fully saturated rings. The van der Waals surface area contributed by atoms with Gasteiger partial charge in [-0.1, -0.05) is 129 Å². The molecule has 0 saturated carbocycles. The molecule has 3 N–H and O–H groups in total. The summed E-state index contributed by atoms with van der Waals surface area (Å²) in [6.45, 7) is 6.08. The Labute approximate surface area is 268 Å². The van der Waals surface area contributed by atoms with Crippen molar-refractivity contribution in [1.82, 2.24) is 0 Å². The molecule has 1 heterocycles. The van der Waals surface area contributed by atoms with Crippen molar-refractivity contribution in [2.45, 2.75) is 36.7 Å². The van der Waals surface area contributed by atoms with Crippen LogP contribution in [0.5, 0.6) is 0 Å². The van der Waals surface area contributed by atoms with E-state index in [9.17, 15) is 22.8 Å². The van der Waals surface area contributed by atoms with Crippen LogP contribution in [0.3, 0.4) is 0 Å². The number of nitrogens with one attached hydrogen (secondary N) is 1. The highest BCUT2D eigenvalue weighted by molar-refractivity contribution is 7.93. The van der Waals surface area contributed by atoms with Gasteiger partial charge in [0.1, 0.15) is 10.5 Å². The van der Waals surface area contributed by atoms with E-state index in [1.807, 2.05) is 31.2 Å². The average Bonchev–Trinajstić information content (AvgIpc) is 3.44. The summed E-state index contributed by atoms with van der Waals surface area (Å²) in [6.07, 6.45) is 0. The second-order valence-electron chi connectivity index (χ2n) is 11.7. The van der Waals surface area contributed by atoms with Gasteiger partial charge < -0.3 is 14.2 Å². The lowest BCUT2D eigenvalue weighted by Crippen LogP contribution is -2.31. The minimum atomic E-state index is -5.30. The molecule has 0 radical (unpaired) electrons. The summed E-state index contributed by atoms with van der Waals surface area (Å²) in [5, 5.41) is -2.09. The SMILES string of the molecule is Cc1ccc(NS(=O)(=O)c2c(C(c3ccccc3)(c3ccccc3)P(=O)(O)O)oc3cccc(-c4ccc(C(C)C)cc4)c23)cc1. The molecule has 234 valence electrons. The van der Waals surface area contributed by atoms with E-state index in [1.54, 1.807) is 103 Å². The summed E-state index contributed by atoms with van der Waals surface area (Å²) in [5.74, 6) is -0.0836. The van der Waals surface area contributed by atoms with Gasteiger partial charge in [-0.15, -0.1) is 0 Å². The van der Waals surface area contributed by atoms with E-state index in [-0.39, 0.29) is 32.8 Å². The molecule has 0 aliphatic rings. The molecule has 0 unspecified atom stereocenters. The first kappa shape index (κ1) is 31.5. The minimum Gasteiger partial charge on any atom is -0.458 e. The zero-order valence-electron chi connectivity index (χ0n) is 25.6. The van der Waals surface area contributed by atoms with E-state index in [0.29, 0.717) is 17.2 Å². The molecular formula is C37H34NO6PS. The molecule has 9 heteroatoms. The molecule has 7 nitrogen and oxygen atoms in total. The summed E-state index contributed by atoms with van der Waals surface area (Å²) in [7, 11) is -9.84. The van der Waals surface area contributed by atoms with Gasteiger partial charge in [-0.3, -0.25) is 9.29 Å². The van der Waals surface area contributed by atoms with E-state index < -0.39 is 22.8 Å².